The monoisotopic (exact) mass is 832 g/mol. The topological polar surface area (TPSA) is 61.4 Å². The third kappa shape index (κ3) is 4.65. The van der Waals surface area contributed by atoms with Gasteiger partial charge in [0.2, 0.25) is 0 Å². The van der Waals surface area contributed by atoms with Gasteiger partial charge in [-0.3, -0.25) is 0 Å². The van der Waals surface area contributed by atoms with Crippen molar-refractivity contribution in [1.29, 1.82) is 0 Å². The Morgan fingerprint density at radius 1 is 0.328 bits per heavy atom. The van der Waals surface area contributed by atoms with E-state index in [2.05, 4.69) is 179 Å². The fraction of sp³-hybridized carbons (Fsp3) is 0. The summed E-state index contributed by atoms with van der Waals surface area (Å²) < 4.78 is 17.5. The summed E-state index contributed by atoms with van der Waals surface area (Å²) in [6.07, 6.45) is 0. The molecule has 6 nitrogen and oxygen atoms in total. The summed E-state index contributed by atoms with van der Waals surface area (Å²) in [6.45, 7) is 0. The Hall–Kier alpha value is -7.30. The molecule has 6 heterocycles. The molecule has 0 aliphatic rings. The molecule has 8 aromatic carbocycles. The summed E-state index contributed by atoms with van der Waals surface area (Å²) in [7, 11) is 0. The predicted octanol–water partition coefficient (Wildman–Crippen LogP) is 14.7. The molecule has 0 saturated heterocycles. The first-order valence-corrected chi connectivity index (χ1v) is 22.5. The number of nitrogens with zero attached hydrogens (tertiary/aromatic N) is 6. The second-order valence-electron chi connectivity index (χ2n) is 15.4. The minimum Gasteiger partial charge on any atom is -0.308 e. The van der Waals surface area contributed by atoms with E-state index < -0.39 is 0 Å². The summed E-state index contributed by atoms with van der Waals surface area (Å²) in [5, 5.41) is 6.93. The highest BCUT2D eigenvalue weighted by molar-refractivity contribution is 7.24. The van der Waals surface area contributed by atoms with E-state index in [0.29, 0.717) is 0 Å². The molecule has 0 fully saturated rings. The van der Waals surface area contributed by atoms with E-state index >= 15 is 0 Å². The zero-order valence-electron chi connectivity index (χ0n) is 32.1. The maximum Gasteiger partial charge on any atom is 0.116 e. The normalized spacial score (nSPS) is 12.3. The smallest absolute Gasteiger partial charge is 0.116 e. The summed E-state index contributed by atoms with van der Waals surface area (Å²) in [4.78, 5) is 13.7. The summed E-state index contributed by atoms with van der Waals surface area (Å²) in [5.41, 5.74) is 14.0. The van der Waals surface area contributed by atoms with Crippen molar-refractivity contribution in [2.75, 3.05) is 0 Å². The van der Waals surface area contributed by atoms with Crippen LogP contribution >= 0.6 is 34.4 Å². The highest BCUT2D eigenvalue weighted by Gasteiger charge is 2.28. The summed E-state index contributed by atoms with van der Waals surface area (Å²) in [6, 6.07) is 60.5. The van der Waals surface area contributed by atoms with E-state index in [1.807, 2.05) is 0 Å². The lowest BCUT2D eigenvalue weighted by molar-refractivity contribution is 1.18. The molecular formula is C52H28N6S3. The summed E-state index contributed by atoms with van der Waals surface area (Å²) >= 11 is 4.85. The van der Waals surface area contributed by atoms with Crippen molar-refractivity contribution in [3.05, 3.63) is 170 Å². The molecule has 0 radical (unpaired) electrons. The molecule has 61 heavy (non-hydrogen) atoms. The lowest BCUT2D eigenvalue weighted by atomic mass is 9.98. The molecule has 0 aliphatic heterocycles. The molecule has 14 rings (SSSR count). The Morgan fingerprint density at radius 3 is 1.15 bits per heavy atom. The van der Waals surface area contributed by atoms with E-state index in [1.54, 1.807) is 22.7 Å². The number of hydrogen-bond donors (Lipinski definition) is 0. The van der Waals surface area contributed by atoms with Gasteiger partial charge in [-0.25, -0.2) is 9.97 Å². The first kappa shape index (κ1) is 33.5. The van der Waals surface area contributed by atoms with Crippen LogP contribution in [0.4, 0.5) is 0 Å². The van der Waals surface area contributed by atoms with Gasteiger partial charge in [-0.05, 0) is 59.3 Å². The van der Waals surface area contributed by atoms with Crippen LogP contribution in [0, 0.1) is 0 Å². The van der Waals surface area contributed by atoms with Gasteiger partial charge in [-0.1, -0.05) is 121 Å². The van der Waals surface area contributed by atoms with E-state index in [-0.39, 0.29) is 0 Å². The Bertz CT molecular complexity index is 3850. The predicted molar refractivity (Wildman–Crippen MR) is 258 cm³/mol. The van der Waals surface area contributed by atoms with Gasteiger partial charge in [0.15, 0.2) is 0 Å². The largest absolute Gasteiger partial charge is 0.308 e. The zero-order chi connectivity index (χ0) is 39.8. The molecule has 0 amide bonds. The number of hydrogen-bond acceptors (Lipinski definition) is 7. The van der Waals surface area contributed by atoms with Gasteiger partial charge >= 0.3 is 0 Å². The molecule has 14 aromatic rings. The van der Waals surface area contributed by atoms with E-state index in [9.17, 15) is 0 Å². The third-order valence-corrected chi connectivity index (χ3v) is 15.1. The molecule has 6 aromatic heterocycles. The van der Waals surface area contributed by atoms with Crippen LogP contribution < -0.4 is 0 Å². The first-order chi connectivity index (χ1) is 30.3. The standard InChI is InChI=1S/C52H28N6S3/c1-3-15-29(16-4-1)57-37-25-13-11-23-35(37)51-39(57)27-41(59-51)43-47-48(54-46-34-22-10-8-20-32(34)31-19-7-9-21-33(31)45(46)53-47)44(50-49(43)55-61-56-50)42-28-40-52(60-42)36-24-12-14-26-38(36)58(40)30-17-5-2-6-18-30/h1-28H. The van der Waals surface area contributed by atoms with Crippen molar-refractivity contribution in [2.24, 2.45) is 0 Å². The fourth-order valence-corrected chi connectivity index (χ4v) is 12.6. The molecule has 0 aliphatic carbocycles. The average Bonchev–Trinajstić information content (AvgIpc) is 4.16. The van der Waals surface area contributed by atoms with Crippen LogP contribution in [0.3, 0.4) is 0 Å². The number of aromatic nitrogens is 6. The van der Waals surface area contributed by atoms with Gasteiger partial charge in [-0.2, -0.15) is 8.75 Å². The SMILES string of the molecule is c1ccc(-n2c3ccccc3c3sc(-c4c5nsnc5c(-c5cc6c(s5)c5ccccc5n6-c5ccccc5)c5nc6c7ccccc7c7ccccc7c6nc45)cc32)cc1. The molecule has 0 atom stereocenters. The minimum atomic E-state index is 0.830. The van der Waals surface area contributed by atoms with Crippen LogP contribution in [0.25, 0.3) is 129 Å². The molecule has 0 unspecified atom stereocenters. The van der Waals surface area contributed by atoms with E-state index in [4.69, 9.17) is 18.7 Å². The van der Waals surface area contributed by atoms with Gasteiger partial charge in [0.25, 0.3) is 0 Å². The Balaban J connectivity index is 1.14. The first-order valence-electron chi connectivity index (χ1n) is 20.2. The third-order valence-electron chi connectivity index (χ3n) is 12.2. The van der Waals surface area contributed by atoms with Crippen LogP contribution in [-0.2, 0) is 0 Å². The molecular weight excluding hydrogens is 805 g/mol. The van der Waals surface area contributed by atoms with Crippen LogP contribution in [0.1, 0.15) is 0 Å². The lowest BCUT2D eigenvalue weighted by Crippen LogP contribution is -1.97. The Labute approximate surface area is 359 Å². The van der Waals surface area contributed by atoms with Crippen molar-refractivity contribution in [1.82, 2.24) is 27.8 Å². The van der Waals surface area contributed by atoms with Crippen molar-refractivity contribution < 1.29 is 0 Å². The molecule has 9 heteroatoms. The lowest BCUT2D eigenvalue weighted by Gasteiger charge is -2.14. The van der Waals surface area contributed by atoms with Crippen molar-refractivity contribution in [3.8, 4) is 32.3 Å². The highest BCUT2D eigenvalue weighted by Crippen LogP contribution is 2.50. The van der Waals surface area contributed by atoms with Gasteiger partial charge < -0.3 is 9.13 Å². The molecule has 0 N–H and O–H groups in total. The zero-order valence-corrected chi connectivity index (χ0v) is 34.5. The van der Waals surface area contributed by atoms with E-state index in [1.165, 1.54) is 42.9 Å². The van der Waals surface area contributed by atoms with Crippen LogP contribution in [0.5, 0.6) is 0 Å². The number of rotatable bonds is 4. The molecule has 0 bridgehead atoms. The average molecular weight is 833 g/mol. The maximum absolute atomic E-state index is 5.78. The molecule has 0 saturated carbocycles. The molecule has 0 spiro atoms. The van der Waals surface area contributed by atoms with Crippen molar-refractivity contribution in [3.63, 3.8) is 0 Å². The van der Waals surface area contributed by atoms with E-state index in [0.717, 1.165) is 97.9 Å². The second-order valence-corrected chi connectivity index (χ2v) is 18.1. The van der Waals surface area contributed by atoms with Gasteiger partial charge in [0, 0.05) is 53.8 Å². The quantitative estimate of drug-likeness (QED) is 0.131. The maximum atomic E-state index is 5.78. The van der Waals surface area contributed by atoms with Crippen LogP contribution in [-0.4, -0.2) is 27.8 Å². The highest BCUT2D eigenvalue weighted by atomic mass is 32.1. The molecule has 284 valence electrons. The van der Waals surface area contributed by atoms with Crippen molar-refractivity contribution in [2.45, 2.75) is 0 Å². The van der Waals surface area contributed by atoms with Crippen LogP contribution in [0.2, 0.25) is 0 Å². The number of para-hydroxylation sites is 4. The summed E-state index contributed by atoms with van der Waals surface area (Å²) in [5.74, 6) is 0. The van der Waals surface area contributed by atoms with Gasteiger partial charge in [-0.15, -0.1) is 22.7 Å². The minimum absolute atomic E-state index is 0.830. The fourth-order valence-electron chi connectivity index (χ4n) is 9.63. The van der Waals surface area contributed by atoms with Crippen molar-refractivity contribution >= 4 is 131 Å². The van der Waals surface area contributed by atoms with Crippen LogP contribution in [0.15, 0.2) is 170 Å². The van der Waals surface area contributed by atoms with Gasteiger partial charge in [0.05, 0.1) is 54.2 Å². The number of benzene rings is 8. The Kier molecular flexibility index (Phi) is 6.93. The number of thiophene rings is 2. The second kappa shape index (κ2) is 12.6. The van der Waals surface area contributed by atoms with Gasteiger partial charge in [0.1, 0.15) is 22.1 Å². The Morgan fingerprint density at radius 2 is 0.705 bits per heavy atom. The number of fused-ring (bicyclic) bond motifs is 14.